The first-order valence-electron chi connectivity index (χ1n) is 7.98. The second-order valence-electron chi connectivity index (χ2n) is 7.62. The molecule has 1 aromatic heterocycles. The average Bonchev–Trinajstić information content (AvgIpc) is 2.44. The minimum atomic E-state index is -0.550. The third kappa shape index (κ3) is 4.15. The number of hydrogen-bond acceptors (Lipinski definition) is 4. The van der Waals surface area contributed by atoms with Gasteiger partial charge in [-0.1, -0.05) is 0 Å². The molecular formula is C17H25N3O4. The summed E-state index contributed by atoms with van der Waals surface area (Å²) in [7, 11) is 0. The Morgan fingerprint density at radius 3 is 2.29 bits per heavy atom. The molecule has 1 aliphatic heterocycles. The zero-order valence-corrected chi connectivity index (χ0v) is 14.9. The standard InChI is InChI=1S/C17H25N3O4/c1-16(2,3)24-15(22)18-10-11-20(17(4,5)12-18)14(21)13-6-8-19(23)9-7-13/h6-9H,10-12H2,1-5H3. The van der Waals surface area contributed by atoms with Gasteiger partial charge < -0.3 is 19.7 Å². The number of aromatic nitrogens is 1. The van der Waals surface area contributed by atoms with Gasteiger partial charge in [0, 0.05) is 31.8 Å². The molecule has 2 rings (SSSR count). The topological polar surface area (TPSA) is 76.8 Å². The van der Waals surface area contributed by atoms with Crippen molar-refractivity contribution in [1.82, 2.24) is 9.80 Å². The molecule has 0 bridgehead atoms. The molecule has 24 heavy (non-hydrogen) atoms. The Labute approximate surface area is 142 Å². The minimum Gasteiger partial charge on any atom is -0.619 e. The van der Waals surface area contributed by atoms with Crippen LogP contribution >= 0.6 is 0 Å². The van der Waals surface area contributed by atoms with E-state index in [9.17, 15) is 14.8 Å². The first-order valence-corrected chi connectivity index (χ1v) is 7.98. The van der Waals surface area contributed by atoms with Crippen molar-refractivity contribution in [3.05, 3.63) is 35.3 Å². The summed E-state index contributed by atoms with van der Waals surface area (Å²) in [5.74, 6) is -0.149. The van der Waals surface area contributed by atoms with E-state index in [1.54, 1.807) is 9.80 Å². The molecule has 0 atom stereocenters. The minimum absolute atomic E-state index is 0.149. The molecule has 1 aromatic rings. The molecule has 1 fully saturated rings. The Bertz CT molecular complexity index is 620. The summed E-state index contributed by atoms with van der Waals surface area (Å²) in [6.07, 6.45) is 2.24. The van der Waals surface area contributed by atoms with Crippen LogP contribution in [0.4, 0.5) is 4.79 Å². The van der Waals surface area contributed by atoms with Crippen LogP contribution in [0, 0.1) is 5.21 Å². The first kappa shape index (κ1) is 18.0. The zero-order chi connectivity index (χ0) is 18.1. The summed E-state index contributed by atoms with van der Waals surface area (Å²) in [6.45, 7) is 10.5. The SMILES string of the molecule is CC(C)(C)OC(=O)N1CCN(C(=O)c2cc[n+]([O-])cc2)C(C)(C)C1. The normalized spacial score (nSPS) is 17.5. The molecule has 2 heterocycles. The molecule has 1 saturated heterocycles. The summed E-state index contributed by atoms with van der Waals surface area (Å²) >= 11 is 0. The van der Waals surface area contributed by atoms with Crippen LogP contribution in [0.2, 0.25) is 0 Å². The van der Waals surface area contributed by atoms with E-state index in [4.69, 9.17) is 4.74 Å². The van der Waals surface area contributed by atoms with Crippen molar-refractivity contribution in [3.63, 3.8) is 0 Å². The van der Waals surface area contributed by atoms with Crippen LogP contribution < -0.4 is 4.73 Å². The number of carbonyl (C=O) groups excluding carboxylic acids is 2. The Morgan fingerprint density at radius 1 is 1.21 bits per heavy atom. The van der Waals surface area contributed by atoms with E-state index < -0.39 is 11.1 Å². The number of nitrogens with zero attached hydrogens (tertiary/aromatic N) is 3. The van der Waals surface area contributed by atoms with Crippen LogP contribution in [-0.4, -0.2) is 52.6 Å². The van der Waals surface area contributed by atoms with E-state index in [0.29, 0.717) is 29.9 Å². The molecule has 0 unspecified atom stereocenters. The molecule has 0 saturated carbocycles. The van der Waals surface area contributed by atoms with Crippen molar-refractivity contribution in [2.45, 2.75) is 45.8 Å². The highest BCUT2D eigenvalue weighted by atomic mass is 16.6. The molecule has 0 spiro atoms. The number of pyridine rings is 1. The molecule has 0 N–H and O–H groups in total. The van der Waals surface area contributed by atoms with E-state index in [1.165, 1.54) is 24.5 Å². The molecular weight excluding hydrogens is 310 g/mol. The van der Waals surface area contributed by atoms with Gasteiger partial charge in [0.25, 0.3) is 5.91 Å². The highest BCUT2D eigenvalue weighted by molar-refractivity contribution is 5.94. The van der Waals surface area contributed by atoms with Crippen molar-refractivity contribution in [3.8, 4) is 0 Å². The van der Waals surface area contributed by atoms with E-state index in [-0.39, 0.29) is 12.0 Å². The van der Waals surface area contributed by atoms with Crippen molar-refractivity contribution < 1.29 is 19.1 Å². The predicted molar refractivity (Wildman–Crippen MR) is 88.3 cm³/mol. The van der Waals surface area contributed by atoms with Crippen LogP contribution in [-0.2, 0) is 4.74 Å². The van der Waals surface area contributed by atoms with Gasteiger partial charge in [0.2, 0.25) is 0 Å². The van der Waals surface area contributed by atoms with Gasteiger partial charge >= 0.3 is 6.09 Å². The lowest BCUT2D eigenvalue weighted by molar-refractivity contribution is -0.605. The van der Waals surface area contributed by atoms with Crippen LogP contribution in [0.15, 0.2) is 24.5 Å². The van der Waals surface area contributed by atoms with Gasteiger partial charge in [0.15, 0.2) is 12.4 Å². The highest BCUT2D eigenvalue weighted by Gasteiger charge is 2.39. The van der Waals surface area contributed by atoms with E-state index in [1.807, 2.05) is 34.6 Å². The predicted octanol–water partition coefficient (Wildman–Crippen LogP) is 1.79. The van der Waals surface area contributed by atoms with Gasteiger partial charge in [0.1, 0.15) is 5.60 Å². The van der Waals surface area contributed by atoms with Gasteiger partial charge in [-0.25, -0.2) is 4.79 Å². The Balaban J connectivity index is 2.10. The number of hydrogen-bond donors (Lipinski definition) is 0. The van der Waals surface area contributed by atoms with Crippen LogP contribution in [0.1, 0.15) is 45.0 Å². The third-order valence-electron chi connectivity index (χ3n) is 3.85. The largest absolute Gasteiger partial charge is 0.619 e. The molecule has 2 amide bonds. The smallest absolute Gasteiger partial charge is 0.410 e. The fourth-order valence-electron chi connectivity index (χ4n) is 2.72. The van der Waals surface area contributed by atoms with Crippen LogP contribution in [0.5, 0.6) is 0 Å². The molecule has 0 aliphatic carbocycles. The maximum atomic E-state index is 12.7. The zero-order valence-electron chi connectivity index (χ0n) is 14.9. The first-order chi connectivity index (χ1) is 11.0. The van der Waals surface area contributed by atoms with Gasteiger partial charge in [0.05, 0.1) is 11.1 Å². The summed E-state index contributed by atoms with van der Waals surface area (Å²) in [6, 6.07) is 3.01. The van der Waals surface area contributed by atoms with E-state index in [2.05, 4.69) is 0 Å². The van der Waals surface area contributed by atoms with E-state index in [0.717, 1.165) is 0 Å². The van der Waals surface area contributed by atoms with Gasteiger partial charge in [-0.2, -0.15) is 4.73 Å². The fourth-order valence-corrected chi connectivity index (χ4v) is 2.72. The van der Waals surface area contributed by atoms with E-state index >= 15 is 0 Å². The highest BCUT2D eigenvalue weighted by Crippen LogP contribution is 2.24. The molecule has 132 valence electrons. The lowest BCUT2D eigenvalue weighted by atomic mass is 9.97. The van der Waals surface area contributed by atoms with Gasteiger partial charge in [-0.3, -0.25) is 4.79 Å². The Hall–Kier alpha value is -2.31. The Kier molecular flexibility index (Phi) is 4.73. The fraction of sp³-hybridized carbons (Fsp3) is 0.588. The van der Waals surface area contributed by atoms with Crippen molar-refractivity contribution >= 4 is 12.0 Å². The van der Waals surface area contributed by atoms with Crippen LogP contribution in [0.25, 0.3) is 0 Å². The molecule has 1 aliphatic rings. The summed E-state index contributed by atoms with van der Waals surface area (Å²) in [5, 5.41) is 11.1. The molecule has 0 radical (unpaired) electrons. The molecule has 7 nitrogen and oxygen atoms in total. The summed E-state index contributed by atoms with van der Waals surface area (Å²) in [5.41, 5.74) is -0.623. The average molecular weight is 335 g/mol. The van der Waals surface area contributed by atoms with Crippen molar-refractivity contribution in [1.29, 1.82) is 0 Å². The second kappa shape index (κ2) is 6.30. The monoisotopic (exact) mass is 335 g/mol. The third-order valence-corrected chi connectivity index (χ3v) is 3.85. The summed E-state index contributed by atoms with van der Waals surface area (Å²) in [4.78, 5) is 28.3. The maximum Gasteiger partial charge on any atom is 0.410 e. The van der Waals surface area contributed by atoms with Gasteiger partial charge in [-0.15, -0.1) is 0 Å². The van der Waals surface area contributed by atoms with Crippen molar-refractivity contribution in [2.75, 3.05) is 19.6 Å². The van der Waals surface area contributed by atoms with Crippen LogP contribution in [0.3, 0.4) is 0 Å². The Morgan fingerprint density at radius 2 is 1.79 bits per heavy atom. The second-order valence-corrected chi connectivity index (χ2v) is 7.62. The molecule has 0 aromatic carbocycles. The molecule has 7 heteroatoms. The number of carbonyl (C=O) groups is 2. The lowest BCUT2D eigenvalue weighted by Crippen LogP contribution is -2.62. The number of rotatable bonds is 1. The number of ether oxygens (including phenoxy) is 1. The lowest BCUT2D eigenvalue weighted by Gasteiger charge is -2.47. The van der Waals surface area contributed by atoms with Gasteiger partial charge in [-0.05, 0) is 34.6 Å². The number of amides is 2. The quantitative estimate of drug-likeness (QED) is 0.579. The van der Waals surface area contributed by atoms with Crippen molar-refractivity contribution in [2.24, 2.45) is 0 Å². The summed E-state index contributed by atoms with van der Waals surface area (Å²) < 4.78 is 6.05. The maximum absolute atomic E-state index is 12.7. The number of piperazine rings is 1.